The Bertz CT molecular complexity index is 955. The molecule has 0 spiro atoms. The maximum absolute atomic E-state index is 6.25. The van der Waals surface area contributed by atoms with Crippen LogP contribution in [0.4, 0.5) is 0 Å². The van der Waals surface area contributed by atoms with Gasteiger partial charge in [0.2, 0.25) is 11.8 Å². The molecular formula is C23H26Cl2N4O. The third-order valence-corrected chi connectivity index (χ3v) is 6.11. The van der Waals surface area contributed by atoms with Crippen molar-refractivity contribution in [2.24, 2.45) is 5.92 Å². The molecule has 4 rings (SSSR count). The minimum absolute atomic E-state index is 0.434. The maximum Gasteiger partial charge on any atom is 0.249 e. The average molecular weight is 445 g/mol. The lowest BCUT2D eigenvalue weighted by atomic mass is 9.96. The van der Waals surface area contributed by atoms with Crippen molar-refractivity contribution in [2.75, 3.05) is 26.7 Å². The summed E-state index contributed by atoms with van der Waals surface area (Å²) >= 11 is 12.2. The predicted molar refractivity (Wildman–Crippen MR) is 121 cm³/mol. The van der Waals surface area contributed by atoms with Crippen molar-refractivity contribution in [3.63, 3.8) is 0 Å². The number of nitrogens with zero attached hydrogens (tertiary/aromatic N) is 4. The van der Waals surface area contributed by atoms with Gasteiger partial charge in [0.1, 0.15) is 0 Å². The molecule has 3 aromatic rings. The van der Waals surface area contributed by atoms with Crippen molar-refractivity contribution in [3.05, 3.63) is 70.0 Å². The van der Waals surface area contributed by atoms with Crippen molar-refractivity contribution in [1.29, 1.82) is 0 Å². The number of hydrogen-bond acceptors (Lipinski definition) is 5. The fourth-order valence-corrected chi connectivity index (χ4v) is 4.50. The Hall–Kier alpha value is -1.92. The third-order valence-electron chi connectivity index (χ3n) is 5.56. The van der Waals surface area contributed by atoms with Crippen LogP contribution < -0.4 is 0 Å². The summed E-state index contributed by atoms with van der Waals surface area (Å²) in [6, 6.07) is 15.9. The highest BCUT2D eigenvalue weighted by molar-refractivity contribution is 6.36. The molecule has 0 bridgehead atoms. The summed E-state index contributed by atoms with van der Waals surface area (Å²) in [5, 5.41) is 9.46. The quantitative estimate of drug-likeness (QED) is 0.488. The Balaban J connectivity index is 1.25. The summed E-state index contributed by atoms with van der Waals surface area (Å²) in [5.41, 5.74) is 2.07. The normalized spacial score (nSPS) is 15.7. The zero-order valence-corrected chi connectivity index (χ0v) is 18.6. The van der Waals surface area contributed by atoms with E-state index in [0.717, 1.165) is 32.1 Å². The van der Waals surface area contributed by atoms with E-state index in [2.05, 4.69) is 57.4 Å². The van der Waals surface area contributed by atoms with Gasteiger partial charge in [-0.2, -0.15) is 0 Å². The highest BCUT2D eigenvalue weighted by Gasteiger charge is 2.22. The molecule has 0 N–H and O–H groups in total. The van der Waals surface area contributed by atoms with E-state index >= 15 is 0 Å². The lowest BCUT2D eigenvalue weighted by molar-refractivity contribution is 0.138. The van der Waals surface area contributed by atoms with E-state index in [0.29, 0.717) is 33.9 Å². The van der Waals surface area contributed by atoms with Crippen LogP contribution in [-0.2, 0) is 13.1 Å². The fraction of sp³-hybridized carbons (Fsp3) is 0.391. The molecule has 2 aromatic carbocycles. The first kappa shape index (κ1) is 21.3. The second-order valence-corrected chi connectivity index (χ2v) is 8.87. The molecule has 0 saturated carbocycles. The van der Waals surface area contributed by atoms with Crippen molar-refractivity contribution >= 4 is 23.2 Å². The van der Waals surface area contributed by atoms with Gasteiger partial charge < -0.3 is 9.32 Å². The Morgan fingerprint density at radius 1 is 1.07 bits per heavy atom. The fourth-order valence-electron chi connectivity index (χ4n) is 4.01. The van der Waals surface area contributed by atoms with Crippen LogP contribution in [0.3, 0.4) is 0 Å². The number of aromatic nitrogens is 2. The van der Waals surface area contributed by atoms with Gasteiger partial charge in [0.25, 0.3) is 0 Å². The molecule has 0 amide bonds. The van der Waals surface area contributed by atoms with Gasteiger partial charge in [-0.3, -0.25) is 4.90 Å². The zero-order chi connectivity index (χ0) is 20.9. The largest absolute Gasteiger partial charge is 0.419 e. The molecule has 0 unspecified atom stereocenters. The molecule has 1 fully saturated rings. The van der Waals surface area contributed by atoms with E-state index in [1.165, 1.54) is 18.4 Å². The SMILES string of the molecule is CN(Cc1ccccc1)CC1CCN(Cc2nnc(-c3ccc(Cl)cc3Cl)o2)CC1. The number of piperidine rings is 1. The van der Waals surface area contributed by atoms with Gasteiger partial charge >= 0.3 is 0 Å². The van der Waals surface area contributed by atoms with Crippen LogP contribution in [0.15, 0.2) is 52.9 Å². The molecule has 30 heavy (non-hydrogen) atoms. The van der Waals surface area contributed by atoms with E-state index in [4.69, 9.17) is 27.6 Å². The molecule has 158 valence electrons. The smallest absolute Gasteiger partial charge is 0.249 e. The van der Waals surface area contributed by atoms with Crippen LogP contribution in [0.25, 0.3) is 11.5 Å². The van der Waals surface area contributed by atoms with Crippen molar-refractivity contribution in [2.45, 2.75) is 25.9 Å². The molecule has 7 heteroatoms. The molecule has 1 saturated heterocycles. The second kappa shape index (κ2) is 9.92. The number of benzene rings is 2. The second-order valence-electron chi connectivity index (χ2n) is 8.03. The molecule has 2 heterocycles. The van der Waals surface area contributed by atoms with Gasteiger partial charge in [0, 0.05) is 18.1 Å². The summed E-state index contributed by atoms with van der Waals surface area (Å²) in [6.07, 6.45) is 2.37. The highest BCUT2D eigenvalue weighted by Crippen LogP contribution is 2.29. The van der Waals surface area contributed by atoms with Gasteiger partial charge in [-0.15, -0.1) is 10.2 Å². The van der Waals surface area contributed by atoms with E-state index in [9.17, 15) is 0 Å². The lowest BCUT2D eigenvalue weighted by Crippen LogP contribution is -2.37. The van der Waals surface area contributed by atoms with Gasteiger partial charge in [-0.1, -0.05) is 53.5 Å². The van der Waals surface area contributed by atoms with Crippen molar-refractivity contribution in [1.82, 2.24) is 20.0 Å². The van der Waals surface area contributed by atoms with Crippen LogP contribution in [0.5, 0.6) is 0 Å². The van der Waals surface area contributed by atoms with Crippen molar-refractivity contribution in [3.8, 4) is 11.5 Å². The first-order valence-electron chi connectivity index (χ1n) is 10.3. The van der Waals surface area contributed by atoms with Gasteiger partial charge in [-0.25, -0.2) is 0 Å². The molecule has 1 aromatic heterocycles. The van der Waals surface area contributed by atoms with Crippen LogP contribution in [0, 0.1) is 5.92 Å². The van der Waals surface area contributed by atoms with Crippen LogP contribution >= 0.6 is 23.2 Å². The number of halogens is 2. The monoisotopic (exact) mass is 444 g/mol. The van der Waals surface area contributed by atoms with E-state index in [1.54, 1.807) is 18.2 Å². The number of hydrogen-bond donors (Lipinski definition) is 0. The van der Waals surface area contributed by atoms with E-state index in [-0.39, 0.29) is 0 Å². The third kappa shape index (κ3) is 5.61. The topological polar surface area (TPSA) is 45.4 Å². The molecule has 0 aliphatic carbocycles. The Morgan fingerprint density at radius 2 is 1.83 bits per heavy atom. The summed E-state index contributed by atoms with van der Waals surface area (Å²) in [7, 11) is 2.21. The van der Waals surface area contributed by atoms with Crippen LogP contribution in [0.1, 0.15) is 24.3 Å². The molecule has 5 nitrogen and oxygen atoms in total. The van der Waals surface area contributed by atoms with Gasteiger partial charge in [-0.05, 0) is 62.7 Å². The molecule has 0 atom stereocenters. The first-order chi connectivity index (χ1) is 14.6. The van der Waals surface area contributed by atoms with Gasteiger partial charge in [0.15, 0.2) is 0 Å². The minimum atomic E-state index is 0.434. The summed E-state index contributed by atoms with van der Waals surface area (Å²) in [5.74, 6) is 1.78. The molecule has 1 aliphatic heterocycles. The predicted octanol–water partition coefficient (Wildman–Crippen LogP) is 5.39. The molecule has 1 aliphatic rings. The van der Waals surface area contributed by atoms with Crippen LogP contribution in [0.2, 0.25) is 10.0 Å². The summed E-state index contributed by atoms with van der Waals surface area (Å²) < 4.78 is 5.85. The first-order valence-corrected chi connectivity index (χ1v) is 11.0. The Morgan fingerprint density at radius 3 is 2.57 bits per heavy atom. The summed E-state index contributed by atoms with van der Waals surface area (Å²) in [4.78, 5) is 4.81. The molecular weight excluding hydrogens is 419 g/mol. The highest BCUT2D eigenvalue weighted by atomic mass is 35.5. The summed E-state index contributed by atoms with van der Waals surface area (Å²) in [6.45, 7) is 4.89. The van der Waals surface area contributed by atoms with E-state index < -0.39 is 0 Å². The minimum Gasteiger partial charge on any atom is -0.419 e. The van der Waals surface area contributed by atoms with Gasteiger partial charge in [0.05, 0.1) is 17.1 Å². The Kier molecular flexibility index (Phi) is 7.05. The standard InChI is InChI=1S/C23H26Cl2N4O/c1-28(14-17-5-3-2-4-6-17)15-18-9-11-29(12-10-18)16-22-26-27-23(30-22)20-8-7-19(24)13-21(20)25/h2-8,13,18H,9-12,14-16H2,1H3. The lowest BCUT2D eigenvalue weighted by Gasteiger charge is -2.33. The zero-order valence-electron chi connectivity index (χ0n) is 17.1. The number of likely N-dealkylation sites (tertiary alicyclic amines) is 1. The Labute approximate surface area is 187 Å². The van der Waals surface area contributed by atoms with E-state index in [1.807, 2.05) is 0 Å². The average Bonchev–Trinajstić information content (AvgIpc) is 3.18. The molecule has 0 radical (unpaired) electrons. The van der Waals surface area contributed by atoms with Crippen LogP contribution in [-0.4, -0.2) is 46.7 Å². The number of rotatable bonds is 7. The maximum atomic E-state index is 6.25. The van der Waals surface area contributed by atoms with Crippen molar-refractivity contribution < 1.29 is 4.42 Å².